The summed E-state index contributed by atoms with van der Waals surface area (Å²) in [6.07, 6.45) is -1.49. The summed E-state index contributed by atoms with van der Waals surface area (Å²) in [5.74, 6) is -0.801. The molecule has 0 aromatic carbocycles. The van der Waals surface area contributed by atoms with E-state index in [1.54, 1.807) is 4.90 Å². The van der Waals surface area contributed by atoms with Crippen molar-refractivity contribution in [3.05, 3.63) is 33.9 Å². The van der Waals surface area contributed by atoms with Crippen molar-refractivity contribution in [2.75, 3.05) is 30.4 Å². The lowest BCUT2D eigenvalue weighted by molar-refractivity contribution is -0.137. The van der Waals surface area contributed by atoms with Crippen LogP contribution in [0.2, 0.25) is 5.02 Å². The van der Waals surface area contributed by atoms with Gasteiger partial charge in [-0.3, -0.25) is 4.79 Å². The molecule has 0 saturated carbocycles. The van der Waals surface area contributed by atoms with E-state index < -0.39 is 17.7 Å². The number of anilines is 2. The van der Waals surface area contributed by atoms with E-state index in [1.807, 2.05) is 0 Å². The third-order valence-electron chi connectivity index (χ3n) is 4.44. The van der Waals surface area contributed by atoms with Gasteiger partial charge in [-0.15, -0.1) is 0 Å². The number of piperidine rings is 1. The zero-order valence-corrected chi connectivity index (χ0v) is 16.7. The fourth-order valence-corrected chi connectivity index (χ4v) is 3.93. The number of pyridine rings is 1. The minimum absolute atomic E-state index is 0.0825. The summed E-state index contributed by atoms with van der Waals surface area (Å²) in [6, 6.07) is 0.851. The van der Waals surface area contributed by atoms with Gasteiger partial charge in [0.2, 0.25) is 5.91 Å². The third kappa shape index (κ3) is 4.96. The number of thiazole rings is 1. The highest BCUT2D eigenvalue weighted by atomic mass is 35.5. The van der Waals surface area contributed by atoms with Crippen LogP contribution < -0.4 is 10.2 Å². The summed E-state index contributed by atoms with van der Waals surface area (Å²) >= 11 is 7.00. The van der Waals surface area contributed by atoms with Crippen molar-refractivity contribution in [1.29, 1.82) is 0 Å². The van der Waals surface area contributed by atoms with Gasteiger partial charge in [0.05, 0.1) is 23.9 Å². The number of carbonyl (C=O) groups is 2. The lowest BCUT2D eigenvalue weighted by Crippen LogP contribution is -2.38. The second-order valence-electron chi connectivity index (χ2n) is 6.30. The Morgan fingerprint density at radius 1 is 1.28 bits per heavy atom. The van der Waals surface area contributed by atoms with Crippen LogP contribution in [-0.2, 0) is 15.7 Å². The molecule has 1 N–H and O–H groups in total. The Morgan fingerprint density at radius 3 is 2.55 bits per heavy atom. The zero-order valence-electron chi connectivity index (χ0n) is 15.1. The maximum atomic E-state index is 12.7. The summed E-state index contributed by atoms with van der Waals surface area (Å²) in [4.78, 5) is 33.7. The van der Waals surface area contributed by atoms with Crippen molar-refractivity contribution < 1.29 is 27.5 Å². The number of esters is 1. The summed E-state index contributed by atoms with van der Waals surface area (Å²) in [6.45, 7) is 0.836. The molecule has 0 bridgehead atoms. The summed E-state index contributed by atoms with van der Waals surface area (Å²) in [5.41, 5.74) is -0.907. The van der Waals surface area contributed by atoms with Gasteiger partial charge in [0, 0.05) is 25.2 Å². The Bertz CT molecular complexity index is 914. The Labute approximate surface area is 172 Å². The molecule has 3 rings (SSSR count). The number of aromatic nitrogens is 2. The van der Waals surface area contributed by atoms with Crippen LogP contribution >= 0.6 is 22.9 Å². The second kappa shape index (κ2) is 8.54. The van der Waals surface area contributed by atoms with Crippen molar-refractivity contribution in [3.63, 3.8) is 0 Å². The van der Waals surface area contributed by atoms with E-state index in [0.717, 1.165) is 23.6 Å². The zero-order chi connectivity index (χ0) is 21.2. The fraction of sp³-hybridized carbons (Fsp3) is 0.412. The standard InChI is InChI=1S/C17H16ClF3N4O3S/c1-28-15(27)12-8-23-16(29-12)24-14(26)9-2-4-25(5-3-9)13-11(18)6-10(7-22-13)17(19,20)21/h6-9H,2-5H2,1H3,(H,23,24,26). The Balaban J connectivity index is 1.58. The van der Waals surface area contributed by atoms with Gasteiger partial charge in [-0.1, -0.05) is 22.9 Å². The van der Waals surface area contributed by atoms with Gasteiger partial charge < -0.3 is 15.0 Å². The molecule has 1 saturated heterocycles. The molecule has 2 aromatic rings. The smallest absolute Gasteiger partial charge is 0.417 e. The van der Waals surface area contributed by atoms with E-state index in [0.29, 0.717) is 31.1 Å². The van der Waals surface area contributed by atoms with Crippen molar-refractivity contribution >= 4 is 45.8 Å². The molecule has 0 aliphatic carbocycles. The van der Waals surface area contributed by atoms with Crippen molar-refractivity contribution in [2.24, 2.45) is 5.92 Å². The molecule has 0 atom stereocenters. The number of ether oxygens (including phenoxy) is 1. The number of amides is 1. The van der Waals surface area contributed by atoms with Gasteiger partial charge >= 0.3 is 12.1 Å². The molecule has 156 valence electrons. The molecule has 1 amide bonds. The monoisotopic (exact) mass is 448 g/mol. The number of rotatable bonds is 4. The molecule has 0 radical (unpaired) electrons. The highest BCUT2D eigenvalue weighted by molar-refractivity contribution is 7.17. The van der Waals surface area contributed by atoms with Gasteiger partial charge in [0.1, 0.15) is 10.7 Å². The van der Waals surface area contributed by atoms with E-state index in [2.05, 4.69) is 20.0 Å². The van der Waals surface area contributed by atoms with E-state index in [-0.39, 0.29) is 27.5 Å². The highest BCUT2D eigenvalue weighted by Crippen LogP contribution is 2.34. The molecule has 7 nitrogen and oxygen atoms in total. The lowest BCUT2D eigenvalue weighted by Gasteiger charge is -2.32. The first-order chi connectivity index (χ1) is 13.7. The molecule has 0 spiro atoms. The maximum absolute atomic E-state index is 12.7. The lowest BCUT2D eigenvalue weighted by atomic mass is 9.96. The molecule has 0 unspecified atom stereocenters. The van der Waals surface area contributed by atoms with Gasteiger partial charge in [0.25, 0.3) is 0 Å². The van der Waals surface area contributed by atoms with Gasteiger partial charge in [-0.05, 0) is 18.9 Å². The van der Waals surface area contributed by atoms with Crippen LogP contribution in [0.25, 0.3) is 0 Å². The van der Waals surface area contributed by atoms with Crippen LogP contribution in [0.15, 0.2) is 18.5 Å². The van der Waals surface area contributed by atoms with Gasteiger partial charge in [0.15, 0.2) is 5.13 Å². The summed E-state index contributed by atoms with van der Waals surface area (Å²) in [7, 11) is 1.26. The van der Waals surface area contributed by atoms with E-state index in [1.165, 1.54) is 13.3 Å². The molecule has 12 heteroatoms. The topological polar surface area (TPSA) is 84.4 Å². The molecule has 2 aromatic heterocycles. The van der Waals surface area contributed by atoms with Crippen LogP contribution in [0.4, 0.5) is 24.1 Å². The average molecular weight is 449 g/mol. The van der Waals surface area contributed by atoms with Crippen LogP contribution in [0, 0.1) is 5.92 Å². The fourth-order valence-electron chi connectivity index (χ4n) is 2.91. The molecular formula is C17H16ClF3N4O3S. The summed E-state index contributed by atoms with van der Waals surface area (Å²) in [5, 5.41) is 2.89. The Kier molecular flexibility index (Phi) is 6.27. The van der Waals surface area contributed by atoms with Crippen molar-refractivity contribution in [3.8, 4) is 0 Å². The van der Waals surface area contributed by atoms with E-state index >= 15 is 0 Å². The predicted octanol–water partition coefficient (Wildman–Crippen LogP) is 3.85. The van der Waals surface area contributed by atoms with Crippen LogP contribution in [-0.4, -0.2) is 42.0 Å². The minimum atomic E-state index is -4.51. The average Bonchev–Trinajstić information content (AvgIpc) is 3.15. The number of hydrogen-bond donors (Lipinski definition) is 1. The Morgan fingerprint density at radius 2 is 1.97 bits per heavy atom. The number of nitrogens with zero attached hydrogens (tertiary/aromatic N) is 3. The normalized spacial score (nSPS) is 15.3. The first-order valence-electron chi connectivity index (χ1n) is 8.51. The number of halogens is 4. The quantitative estimate of drug-likeness (QED) is 0.715. The number of alkyl halides is 3. The third-order valence-corrected chi connectivity index (χ3v) is 5.61. The molecule has 1 aliphatic heterocycles. The van der Waals surface area contributed by atoms with Crippen LogP contribution in [0.3, 0.4) is 0 Å². The number of carbonyl (C=O) groups excluding carboxylic acids is 2. The molecular weight excluding hydrogens is 433 g/mol. The van der Waals surface area contributed by atoms with Crippen molar-refractivity contribution in [1.82, 2.24) is 9.97 Å². The van der Waals surface area contributed by atoms with Gasteiger partial charge in [-0.25, -0.2) is 14.8 Å². The first-order valence-corrected chi connectivity index (χ1v) is 9.71. The molecule has 29 heavy (non-hydrogen) atoms. The van der Waals surface area contributed by atoms with Crippen LogP contribution in [0.1, 0.15) is 28.1 Å². The van der Waals surface area contributed by atoms with Gasteiger partial charge in [-0.2, -0.15) is 13.2 Å². The Hall–Kier alpha value is -2.40. The largest absolute Gasteiger partial charge is 0.465 e. The minimum Gasteiger partial charge on any atom is -0.465 e. The number of methoxy groups -OCH3 is 1. The van der Waals surface area contributed by atoms with Crippen LogP contribution in [0.5, 0.6) is 0 Å². The van der Waals surface area contributed by atoms with Crippen molar-refractivity contribution in [2.45, 2.75) is 19.0 Å². The van der Waals surface area contributed by atoms with E-state index in [9.17, 15) is 22.8 Å². The SMILES string of the molecule is COC(=O)c1cnc(NC(=O)C2CCN(c3ncc(C(F)(F)F)cc3Cl)CC2)s1. The molecule has 3 heterocycles. The first kappa shape index (κ1) is 21.3. The molecule has 1 fully saturated rings. The summed E-state index contributed by atoms with van der Waals surface area (Å²) < 4.78 is 42.8. The van der Waals surface area contributed by atoms with E-state index in [4.69, 9.17) is 11.6 Å². The number of hydrogen-bond acceptors (Lipinski definition) is 7. The second-order valence-corrected chi connectivity index (χ2v) is 7.74. The predicted molar refractivity (Wildman–Crippen MR) is 101 cm³/mol. The molecule has 1 aliphatic rings. The number of nitrogens with one attached hydrogen (secondary N) is 1. The highest BCUT2D eigenvalue weighted by Gasteiger charge is 2.33. The maximum Gasteiger partial charge on any atom is 0.417 e.